The van der Waals surface area contributed by atoms with E-state index in [-0.39, 0.29) is 18.3 Å². The molecule has 162 valence electrons. The number of nitro groups is 1. The largest absolute Gasteiger partial charge is 0.455 e. The Hall–Kier alpha value is -3.24. The minimum Gasteiger partial charge on any atom is -0.455 e. The van der Waals surface area contributed by atoms with Crippen molar-refractivity contribution in [2.75, 3.05) is 38.1 Å². The molecule has 2 fully saturated rings. The number of halogens is 1. The van der Waals surface area contributed by atoms with Crippen molar-refractivity contribution in [3.05, 3.63) is 34.1 Å². The third kappa shape index (κ3) is 5.22. The zero-order valence-corrected chi connectivity index (χ0v) is 16.3. The predicted octanol–water partition coefficient (Wildman–Crippen LogP) is 2.14. The summed E-state index contributed by atoms with van der Waals surface area (Å²) in [5, 5.41) is 13.1. The monoisotopic (exact) mass is 422 g/mol. The van der Waals surface area contributed by atoms with E-state index in [1.54, 1.807) is 9.80 Å². The Morgan fingerprint density at radius 1 is 1.17 bits per heavy atom. The Kier molecular flexibility index (Phi) is 6.80. The predicted molar refractivity (Wildman–Crippen MR) is 103 cm³/mol. The number of nitrogens with zero attached hydrogens (tertiary/aromatic N) is 3. The van der Waals surface area contributed by atoms with Crippen LogP contribution in [0.5, 0.6) is 0 Å². The molecule has 0 bridgehead atoms. The summed E-state index contributed by atoms with van der Waals surface area (Å²) < 4.78 is 18.4. The van der Waals surface area contributed by atoms with Crippen molar-refractivity contribution in [3.63, 3.8) is 0 Å². The van der Waals surface area contributed by atoms with Crippen LogP contribution in [0.2, 0.25) is 0 Å². The lowest BCUT2D eigenvalue weighted by molar-refractivity contribution is -0.387. The van der Waals surface area contributed by atoms with Gasteiger partial charge in [-0.2, -0.15) is 4.39 Å². The Morgan fingerprint density at radius 3 is 2.57 bits per heavy atom. The van der Waals surface area contributed by atoms with E-state index in [2.05, 4.69) is 5.32 Å². The molecule has 3 rings (SSSR count). The van der Waals surface area contributed by atoms with E-state index in [4.69, 9.17) is 4.74 Å². The summed E-state index contributed by atoms with van der Waals surface area (Å²) in [6, 6.07) is 2.86. The molecule has 30 heavy (non-hydrogen) atoms. The standard InChI is InChI=1S/C19H23FN4O6/c20-15-6-5-14(10-16(15)24(28)29)21-17(25)12-30-18(26)13-4-3-9-23(11-13)19(27)22-7-1-2-8-22/h5-6,10,13H,1-4,7-9,11-12H2,(H,21,25). The topological polar surface area (TPSA) is 122 Å². The van der Waals surface area contributed by atoms with Gasteiger partial charge in [0.25, 0.3) is 5.91 Å². The number of likely N-dealkylation sites (tertiary alicyclic amines) is 2. The molecular formula is C19H23FN4O6. The Bertz CT molecular complexity index is 842. The fourth-order valence-corrected chi connectivity index (χ4v) is 3.63. The lowest BCUT2D eigenvalue weighted by Crippen LogP contribution is -2.48. The summed E-state index contributed by atoms with van der Waals surface area (Å²) >= 11 is 0. The van der Waals surface area contributed by atoms with E-state index < -0.39 is 40.8 Å². The number of nitrogens with one attached hydrogen (secondary N) is 1. The maximum absolute atomic E-state index is 13.4. The van der Waals surface area contributed by atoms with Crippen molar-refractivity contribution >= 4 is 29.3 Å². The molecule has 1 atom stereocenters. The SMILES string of the molecule is O=C(COC(=O)C1CCCN(C(=O)N2CCCC2)C1)Nc1ccc(F)c([N+](=O)[O-])c1. The molecular weight excluding hydrogens is 399 g/mol. The highest BCUT2D eigenvalue weighted by Gasteiger charge is 2.32. The number of nitro benzene ring substituents is 1. The number of piperidine rings is 1. The maximum atomic E-state index is 13.4. The number of benzene rings is 1. The number of urea groups is 1. The van der Waals surface area contributed by atoms with Gasteiger partial charge in [0.15, 0.2) is 6.61 Å². The molecule has 3 amide bonds. The minimum atomic E-state index is -1.02. The molecule has 10 nitrogen and oxygen atoms in total. The first-order valence-corrected chi connectivity index (χ1v) is 9.79. The van der Waals surface area contributed by atoms with Crippen LogP contribution in [-0.4, -0.2) is 65.4 Å². The highest BCUT2D eigenvalue weighted by molar-refractivity contribution is 5.93. The second-order valence-corrected chi connectivity index (χ2v) is 7.34. The molecule has 1 aromatic carbocycles. The van der Waals surface area contributed by atoms with Crippen molar-refractivity contribution in [3.8, 4) is 0 Å². The Morgan fingerprint density at radius 2 is 1.87 bits per heavy atom. The number of anilines is 1. The first kappa shape index (κ1) is 21.5. The van der Waals surface area contributed by atoms with Gasteiger partial charge in [-0.25, -0.2) is 4.79 Å². The molecule has 0 saturated carbocycles. The highest BCUT2D eigenvalue weighted by Crippen LogP contribution is 2.22. The second kappa shape index (κ2) is 9.51. The lowest BCUT2D eigenvalue weighted by atomic mass is 9.98. The number of esters is 1. The molecule has 0 aliphatic carbocycles. The fraction of sp³-hybridized carbons (Fsp3) is 0.526. The normalized spacial score (nSPS) is 18.8. The summed E-state index contributed by atoms with van der Waals surface area (Å²) in [4.78, 5) is 50.1. The Balaban J connectivity index is 1.48. The van der Waals surface area contributed by atoms with Gasteiger partial charge >= 0.3 is 17.7 Å². The average molecular weight is 422 g/mol. The van der Waals surface area contributed by atoms with Gasteiger partial charge in [-0.15, -0.1) is 0 Å². The molecule has 2 saturated heterocycles. The highest BCUT2D eigenvalue weighted by atomic mass is 19.1. The fourth-order valence-electron chi connectivity index (χ4n) is 3.63. The number of rotatable bonds is 5. The van der Waals surface area contributed by atoms with E-state index >= 15 is 0 Å². The van der Waals surface area contributed by atoms with Crippen LogP contribution in [0.1, 0.15) is 25.7 Å². The number of hydrogen-bond donors (Lipinski definition) is 1. The minimum absolute atomic E-state index is 0.0178. The molecule has 2 heterocycles. The molecule has 1 N–H and O–H groups in total. The zero-order chi connectivity index (χ0) is 21.7. The number of carbonyl (C=O) groups is 3. The van der Waals surface area contributed by atoms with Crippen LogP contribution in [0.15, 0.2) is 18.2 Å². The van der Waals surface area contributed by atoms with E-state index in [9.17, 15) is 28.9 Å². The van der Waals surface area contributed by atoms with Crippen molar-refractivity contribution < 1.29 is 28.4 Å². The van der Waals surface area contributed by atoms with Gasteiger partial charge < -0.3 is 19.9 Å². The van der Waals surface area contributed by atoms with Gasteiger partial charge in [-0.3, -0.25) is 19.7 Å². The smallest absolute Gasteiger partial charge is 0.320 e. The number of carbonyl (C=O) groups excluding carboxylic acids is 3. The molecule has 1 aromatic rings. The van der Waals surface area contributed by atoms with Crippen LogP contribution in [-0.2, 0) is 14.3 Å². The van der Waals surface area contributed by atoms with E-state index in [1.165, 1.54) is 6.07 Å². The molecule has 2 aliphatic rings. The summed E-state index contributed by atoms with van der Waals surface area (Å²) in [7, 11) is 0. The number of hydrogen-bond acceptors (Lipinski definition) is 6. The quantitative estimate of drug-likeness (QED) is 0.441. The van der Waals surface area contributed by atoms with Gasteiger partial charge in [-0.1, -0.05) is 0 Å². The van der Waals surface area contributed by atoms with Gasteiger partial charge in [0.05, 0.1) is 10.8 Å². The van der Waals surface area contributed by atoms with Gasteiger partial charge in [0, 0.05) is 37.9 Å². The van der Waals surface area contributed by atoms with Gasteiger partial charge in [-0.05, 0) is 37.8 Å². The van der Waals surface area contributed by atoms with Gasteiger partial charge in [0.2, 0.25) is 5.82 Å². The second-order valence-electron chi connectivity index (χ2n) is 7.34. The Labute approximate surface area is 172 Å². The van der Waals surface area contributed by atoms with Crippen molar-refractivity contribution in [1.82, 2.24) is 9.80 Å². The summed E-state index contributed by atoms with van der Waals surface area (Å²) in [5.74, 6) is -2.81. The van der Waals surface area contributed by atoms with E-state index in [1.807, 2.05) is 0 Å². The van der Waals surface area contributed by atoms with Crippen molar-refractivity contribution in [2.24, 2.45) is 5.92 Å². The van der Waals surface area contributed by atoms with Crippen LogP contribution >= 0.6 is 0 Å². The van der Waals surface area contributed by atoms with E-state index in [0.717, 1.165) is 38.1 Å². The maximum Gasteiger partial charge on any atom is 0.320 e. The molecule has 1 unspecified atom stereocenters. The molecule has 11 heteroatoms. The van der Waals surface area contributed by atoms with Crippen LogP contribution in [0.3, 0.4) is 0 Å². The third-order valence-electron chi connectivity index (χ3n) is 5.17. The lowest BCUT2D eigenvalue weighted by Gasteiger charge is -2.34. The molecule has 0 spiro atoms. The number of ether oxygens (including phenoxy) is 1. The van der Waals surface area contributed by atoms with Crippen LogP contribution < -0.4 is 5.32 Å². The average Bonchev–Trinajstić information content (AvgIpc) is 3.27. The molecule has 0 radical (unpaired) electrons. The summed E-state index contributed by atoms with van der Waals surface area (Å²) in [6.45, 7) is 1.71. The number of amides is 3. The third-order valence-corrected chi connectivity index (χ3v) is 5.17. The van der Waals surface area contributed by atoms with Crippen molar-refractivity contribution in [2.45, 2.75) is 25.7 Å². The van der Waals surface area contributed by atoms with Crippen LogP contribution in [0.4, 0.5) is 20.6 Å². The van der Waals surface area contributed by atoms with Crippen LogP contribution in [0.25, 0.3) is 0 Å². The van der Waals surface area contributed by atoms with Gasteiger partial charge in [0.1, 0.15) is 0 Å². The first-order valence-electron chi connectivity index (χ1n) is 9.79. The van der Waals surface area contributed by atoms with Crippen LogP contribution in [0, 0.1) is 21.8 Å². The van der Waals surface area contributed by atoms with E-state index in [0.29, 0.717) is 19.4 Å². The summed E-state index contributed by atoms with van der Waals surface area (Å²) in [5.41, 5.74) is -0.751. The molecule has 0 aromatic heterocycles. The first-order chi connectivity index (χ1) is 14.3. The van der Waals surface area contributed by atoms with Crippen molar-refractivity contribution in [1.29, 1.82) is 0 Å². The molecule has 2 aliphatic heterocycles. The zero-order valence-electron chi connectivity index (χ0n) is 16.3. The summed E-state index contributed by atoms with van der Waals surface area (Å²) in [6.07, 6.45) is 3.20.